The molecular weight excluding hydrogens is 515 g/mol. The molecular formula is C24H24Cl2N2O4S2. The van der Waals surface area contributed by atoms with Crippen molar-refractivity contribution in [3.8, 4) is 5.75 Å². The minimum Gasteiger partial charge on any atom is -0.497 e. The summed E-state index contributed by atoms with van der Waals surface area (Å²) in [5, 5.41) is 3.97. The van der Waals surface area contributed by atoms with Crippen molar-refractivity contribution in [3.63, 3.8) is 0 Å². The molecule has 0 atom stereocenters. The lowest BCUT2D eigenvalue weighted by Crippen LogP contribution is -2.41. The van der Waals surface area contributed by atoms with Crippen LogP contribution in [0.4, 0.5) is 5.69 Å². The van der Waals surface area contributed by atoms with Crippen LogP contribution < -0.4 is 14.4 Å². The molecule has 0 aliphatic heterocycles. The first-order chi connectivity index (χ1) is 16.3. The highest BCUT2D eigenvalue weighted by molar-refractivity contribution is 7.98. The molecule has 0 saturated carbocycles. The van der Waals surface area contributed by atoms with Crippen molar-refractivity contribution in [1.29, 1.82) is 0 Å². The zero-order valence-corrected chi connectivity index (χ0v) is 21.6. The third kappa shape index (κ3) is 7.06. The molecule has 3 aromatic carbocycles. The summed E-state index contributed by atoms with van der Waals surface area (Å²) < 4.78 is 32.9. The average molecular weight is 540 g/mol. The van der Waals surface area contributed by atoms with Gasteiger partial charge >= 0.3 is 0 Å². The van der Waals surface area contributed by atoms with Gasteiger partial charge in [-0.1, -0.05) is 41.4 Å². The number of sulfonamides is 1. The summed E-state index contributed by atoms with van der Waals surface area (Å²) in [4.78, 5) is 12.7. The number of thioether (sulfide) groups is 1. The van der Waals surface area contributed by atoms with Gasteiger partial charge in [-0.25, -0.2) is 8.42 Å². The lowest BCUT2D eigenvalue weighted by Gasteiger charge is -2.24. The number of carbonyl (C=O) groups excluding carboxylic acids is 1. The van der Waals surface area contributed by atoms with E-state index in [2.05, 4.69) is 5.32 Å². The first kappa shape index (κ1) is 26.2. The number of ether oxygens (including phenoxy) is 1. The Hall–Kier alpha value is -2.39. The van der Waals surface area contributed by atoms with Gasteiger partial charge in [0.05, 0.1) is 17.7 Å². The largest absolute Gasteiger partial charge is 0.497 e. The van der Waals surface area contributed by atoms with Crippen LogP contribution in [-0.2, 0) is 20.6 Å². The van der Waals surface area contributed by atoms with Gasteiger partial charge in [-0.05, 0) is 60.2 Å². The van der Waals surface area contributed by atoms with E-state index in [1.807, 2.05) is 24.3 Å². The Kier molecular flexibility index (Phi) is 9.53. The summed E-state index contributed by atoms with van der Waals surface area (Å²) in [6, 6.07) is 19.9. The van der Waals surface area contributed by atoms with E-state index in [-0.39, 0.29) is 11.4 Å². The van der Waals surface area contributed by atoms with Gasteiger partial charge < -0.3 is 10.1 Å². The zero-order chi connectivity index (χ0) is 24.6. The quantitative estimate of drug-likeness (QED) is 0.337. The Morgan fingerprint density at radius 1 is 1.00 bits per heavy atom. The maximum atomic E-state index is 13.4. The molecule has 0 aliphatic carbocycles. The number of anilines is 1. The van der Waals surface area contributed by atoms with Crippen molar-refractivity contribution in [2.24, 2.45) is 0 Å². The molecule has 0 fully saturated rings. The van der Waals surface area contributed by atoms with Crippen LogP contribution in [-0.4, -0.2) is 40.3 Å². The summed E-state index contributed by atoms with van der Waals surface area (Å²) >= 11 is 13.8. The highest BCUT2D eigenvalue weighted by atomic mass is 35.5. The monoisotopic (exact) mass is 538 g/mol. The van der Waals surface area contributed by atoms with Crippen molar-refractivity contribution >= 4 is 56.6 Å². The van der Waals surface area contributed by atoms with Gasteiger partial charge in [-0.3, -0.25) is 9.10 Å². The number of amides is 1. The second kappa shape index (κ2) is 12.4. The van der Waals surface area contributed by atoms with Gasteiger partial charge in [0.15, 0.2) is 0 Å². The molecule has 0 heterocycles. The first-order valence-electron chi connectivity index (χ1n) is 10.3. The van der Waals surface area contributed by atoms with Crippen molar-refractivity contribution in [2.45, 2.75) is 10.6 Å². The zero-order valence-electron chi connectivity index (χ0n) is 18.4. The minimum absolute atomic E-state index is 0.0475. The van der Waals surface area contributed by atoms with Gasteiger partial charge in [0.25, 0.3) is 10.0 Å². The fourth-order valence-corrected chi connectivity index (χ4v) is 5.73. The number of halogens is 2. The second-order valence-electron chi connectivity index (χ2n) is 7.16. The Morgan fingerprint density at radius 3 is 2.32 bits per heavy atom. The Balaban J connectivity index is 1.66. The molecule has 0 spiro atoms. The van der Waals surface area contributed by atoms with Gasteiger partial charge in [-0.15, -0.1) is 0 Å². The van der Waals surface area contributed by atoms with Crippen LogP contribution in [0.2, 0.25) is 10.0 Å². The molecule has 1 N–H and O–H groups in total. The fourth-order valence-electron chi connectivity index (χ4n) is 3.04. The molecule has 10 heteroatoms. The van der Waals surface area contributed by atoms with Crippen LogP contribution in [0.15, 0.2) is 77.7 Å². The number of nitrogens with one attached hydrogen (secondary N) is 1. The number of rotatable bonds is 11. The number of carbonyl (C=O) groups is 1. The number of hydrogen-bond acceptors (Lipinski definition) is 5. The van der Waals surface area contributed by atoms with Gasteiger partial charge in [0, 0.05) is 28.1 Å². The van der Waals surface area contributed by atoms with Crippen LogP contribution in [0, 0.1) is 0 Å². The van der Waals surface area contributed by atoms with Crippen LogP contribution >= 0.6 is 35.0 Å². The highest BCUT2D eigenvalue weighted by Gasteiger charge is 2.27. The minimum atomic E-state index is -4.01. The van der Waals surface area contributed by atoms with Crippen molar-refractivity contribution in [2.75, 3.05) is 30.3 Å². The topological polar surface area (TPSA) is 75.7 Å². The second-order valence-corrected chi connectivity index (χ2v) is 11.0. The predicted molar refractivity (Wildman–Crippen MR) is 140 cm³/mol. The molecule has 0 radical (unpaired) electrons. The van der Waals surface area contributed by atoms with Crippen molar-refractivity contribution in [3.05, 3.63) is 88.4 Å². The lowest BCUT2D eigenvalue weighted by molar-refractivity contribution is -0.119. The molecule has 0 unspecified atom stereocenters. The van der Waals surface area contributed by atoms with E-state index in [0.717, 1.165) is 15.6 Å². The molecule has 3 aromatic rings. The van der Waals surface area contributed by atoms with E-state index in [0.29, 0.717) is 33.8 Å². The van der Waals surface area contributed by atoms with Crippen LogP contribution in [0.3, 0.4) is 0 Å². The van der Waals surface area contributed by atoms with Crippen molar-refractivity contribution < 1.29 is 17.9 Å². The van der Waals surface area contributed by atoms with E-state index in [1.54, 1.807) is 48.2 Å². The molecule has 0 aromatic heterocycles. The maximum absolute atomic E-state index is 13.4. The Morgan fingerprint density at radius 2 is 1.68 bits per heavy atom. The van der Waals surface area contributed by atoms with Gasteiger partial charge in [0.2, 0.25) is 5.91 Å². The average Bonchev–Trinajstić information content (AvgIpc) is 2.84. The summed E-state index contributed by atoms with van der Waals surface area (Å²) in [7, 11) is -2.51. The highest BCUT2D eigenvalue weighted by Crippen LogP contribution is 2.26. The summed E-state index contributed by atoms with van der Waals surface area (Å²) in [6.45, 7) is 0.0240. The van der Waals surface area contributed by atoms with E-state index < -0.39 is 15.9 Å². The predicted octanol–water partition coefficient (Wildman–Crippen LogP) is 5.25. The van der Waals surface area contributed by atoms with Gasteiger partial charge in [-0.2, -0.15) is 11.8 Å². The van der Waals surface area contributed by atoms with E-state index in [4.69, 9.17) is 27.9 Å². The van der Waals surface area contributed by atoms with Crippen LogP contribution in [0.1, 0.15) is 5.56 Å². The lowest BCUT2D eigenvalue weighted by atomic mass is 10.2. The van der Waals surface area contributed by atoms with Crippen LogP contribution in [0.25, 0.3) is 0 Å². The summed E-state index contributed by atoms with van der Waals surface area (Å²) in [6.07, 6.45) is 0. The third-order valence-corrected chi connectivity index (χ3v) is 8.25. The molecule has 1 amide bonds. The molecule has 180 valence electrons. The number of nitrogens with zero attached hydrogens (tertiary/aromatic N) is 1. The SMILES string of the molecule is COc1ccc(S(=O)(=O)N(CC(=O)NCCSCc2ccccc2Cl)c2ccc(Cl)cc2)cc1. The normalized spacial score (nSPS) is 11.1. The first-order valence-corrected chi connectivity index (χ1v) is 13.7. The van der Waals surface area contributed by atoms with E-state index in [9.17, 15) is 13.2 Å². The number of benzene rings is 3. The molecule has 3 rings (SSSR count). The van der Waals surface area contributed by atoms with E-state index >= 15 is 0 Å². The molecule has 0 aliphatic rings. The van der Waals surface area contributed by atoms with Gasteiger partial charge in [0.1, 0.15) is 12.3 Å². The Labute approximate surface area is 214 Å². The standard InChI is InChI=1S/C24H24Cl2N2O4S2/c1-32-21-10-12-22(13-11-21)34(30,31)28(20-8-6-19(25)7-9-20)16-24(29)27-14-15-33-17-18-4-2-3-5-23(18)26/h2-13H,14-17H2,1H3,(H,27,29). The third-order valence-electron chi connectivity index (χ3n) is 4.83. The summed E-state index contributed by atoms with van der Waals surface area (Å²) in [5.74, 6) is 1.50. The van der Waals surface area contributed by atoms with Crippen molar-refractivity contribution in [1.82, 2.24) is 5.32 Å². The van der Waals surface area contributed by atoms with Crippen LogP contribution in [0.5, 0.6) is 5.75 Å². The van der Waals surface area contributed by atoms with E-state index in [1.165, 1.54) is 19.2 Å². The number of hydrogen-bond donors (Lipinski definition) is 1. The molecule has 6 nitrogen and oxygen atoms in total. The number of methoxy groups -OCH3 is 1. The smallest absolute Gasteiger partial charge is 0.264 e. The maximum Gasteiger partial charge on any atom is 0.264 e. The molecule has 0 saturated heterocycles. The summed E-state index contributed by atoms with van der Waals surface area (Å²) in [5.41, 5.74) is 1.36. The Bertz CT molecular complexity index is 1200. The molecule has 0 bridgehead atoms. The molecule has 34 heavy (non-hydrogen) atoms. The fraction of sp³-hybridized carbons (Fsp3) is 0.208.